The summed E-state index contributed by atoms with van der Waals surface area (Å²) >= 11 is 0. The molecule has 4 rings (SSSR count). The van der Waals surface area contributed by atoms with Gasteiger partial charge in [0.1, 0.15) is 17.3 Å². The highest BCUT2D eigenvalue weighted by atomic mass is 32.2. The molecule has 8 nitrogen and oxygen atoms in total. The van der Waals surface area contributed by atoms with Gasteiger partial charge in [-0.15, -0.1) is 0 Å². The van der Waals surface area contributed by atoms with E-state index in [0.29, 0.717) is 29.9 Å². The van der Waals surface area contributed by atoms with Crippen molar-refractivity contribution in [3.8, 4) is 11.5 Å². The summed E-state index contributed by atoms with van der Waals surface area (Å²) in [5, 5.41) is 2.90. The van der Waals surface area contributed by atoms with Crippen molar-refractivity contribution in [2.45, 2.75) is 31.2 Å². The summed E-state index contributed by atoms with van der Waals surface area (Å²) in [6.07, 6.45) is 0.674. The van der Waals surface area contributed by atoms with Crippen molar-refractivity contribution < 1.29 is 17.9 Å². The number of ether oxygens (including phenoxy) is 1. The maximum Gasteiger partial charge on any atom is 0.242 e. The number of nitrogens with zero attached hydrogens (tertiary/aromatic N) is 3. The fraction of sp³-hybridized carbons (Fsp3) is 0.231. The second-order valence-electron chi connectivity index (χ2n) is 8.20. The molecule has 1 N–H and O–H groups in total. The van der Waals surface area contributed by atoms with Crippen LogP contribution in [0.4, 0.5) is 5.69 Å². The molecule has 1 heterocycles. The monoisotopic (exact) mass is 492 g/mol. The zero-order valence-corrected chi connectivity index (χ0v) is 20.7. The van der Waals surface area contributed by atoms with Gasteiger partial charge in [-0.2, -0.15) is 0 Å². The van der Waals surface area contributed by atoms with Crippen molar-refractivity contribution in [3.63, 3.8) is 0 Å². The number of para-hydroxylation sites is 1. The Hall–Kier alpha value is -3.69. The summed E-state index contributed by atoms with van der Waals surface area (Å²) in [6, 6.07) is 21.6. The number of rotatable bonds is 9. The lowest BCUT2D eigenvalue weighted by Gasteiger charge is -2.11. The molecule has 0 aliphatic rings. The Morgan fingerprint density at radius 1 is 1.00 bits per heavy atom. The molecular weight excluding hydrogens is 464 g/mol. The van der Waals surface area contributed by atoms with Crippen LogP contribution in [-0.4, -0.2) is 42.3 Å². The van der Waals surface area contributed by atoms with Crippen molar-refractivity contribution >= 4 is 32.7 Å². The van der Waals surface area contributed by atoms with Crippen LogP contribution in [0.2, 0.25) is 0 Å². The molecule has 0 saturated carbocycles. The lowest BCUT2D eigenvalue weighted by Crippen LogP contribution is -2.22. The third kappa shape index (κ3) is 5.52. The van der Waals surface area contributed by atoms with Crippen molar-refractivity contribution in [3.05, 3.63) is 78.6 Å². The Balaban J connectivity index is 1.41. The van der Waals surface area contributed by atoms with Gasteiger partial charge in [0.2, 0.25) is 15.9 Å². The first-order valence-corrected chi connectivity index (χ1v) is 12.8. The van der Waals surface area contributed by atoms with E-state index in [1.165, 1.54) is 18.4 Å². The number of imidazole rings is 1. The van der Waals surface area contributed by atoms with Crippen LogP contribution in [0.5, 0.6) is 11.5 Å². The molecule has 3 aromatic carbocycles. The van der Waals surface area contributed by atoms with E-state index in [4.69, 9.17) is 4.74 Å². The van der Waals surface area contributed by atoms with E-state index < -0.39 is 10.0 Å². The smallest absolute Gasteiger partial charge is 0.242 e. The number of sulfonamides is 1. The summed E-state index contributed by atoms with van der Waals surface area (Å²) < 4.78 is 33.9. The van der Waals surface area contributed by atoms with Gasteiger partial charge in [0.05, 0.1) is 15.9 Å². The second-order valence-corrected chi connectivity index (χ2v) is 10.3. The zero-order valence-electron chi connectivity index (χ0n) is 19.9. The van der Waals surface area contributed by atoms with E-state index >= 15 is 0 Å². The molecule has 4 aromatic rings. The first-order valence-electron chi connectivity index (χ1n) is 11.3. The maximum absolute atomic E-state index is 12.6. The highest BCUT2D eigenvalue weighted by Gasteiger charge is 2.19. The molecule has 9 heteroatoms. The summed E-state index contributed by atoms with van der Waals surface area (Å²) in [4.78, 5) is 17.4. The molecular formula is C26H28N4O4S. The summed E-state index contributed by atoms with van der Waals surface area (Å²) in [5.74, 6) is 2.03. The standard InChI is InChI=1S/C26H28N4O4S/c1-4-30-24-15-14-22(35(32,33)29(2)3)18-23(24)28-25(30)16-17-26(31)27-19-10-12-21(13-11-19)34-20-8-6-5-7-9-20/h5-15,18H,4,16-17H2,1-3H3,(H,27,31). The van der Waals surface area contributed by atoms with Gasteiger partial charge in [0.25, 0.3) is 0 Å². The van der Waals surface area contributed by atoms with Crippen molar-refractivity contribution in [2.75, 3.05) is 19.4 Å². The van der Waals surface area contributed by atoms with E-state index in [2.05, 4.69) is 10.3 Å². The molecule has 0 radical (unpaired) electrons. The minimum absolute atomic E-state index is 0.132. The number of aryl methyl sites for hydroxylation is 2. The number of aromatic nitrogens is 2. The predicted octanol–water partition coefficient (Wildman–Crippen LogP) is 4.67. The molecule has 0 aliphatic heterocycles. The lowest BCUT2D eigenvalue weighted by molar-refractivity contribution is -0.116. The van der Waals surface area contributed by atoms with Crippen LogP contribution in [0.15, 0.2) is 77.7 Å². The topological polar surface area (TPSA) is 93.5 Å². The van der Waals surface area contributed by atoms with Crippen LogP contribution in [-0.2, 0) is 27.8 Å². The zero-order chi connectivity index (χ0) is 25.0. The van der Waals surface area contributed by atoms with E-state index in [1.807, 2.05) is 41.8 Å². The summed E-state index contributed by atoms with van der Waals surface area (Å²) in [6.45, 7) is 2.66. The molecule has 1 aromatic heterocycles. The van der Waals surface area contributed by atoms with Gasteiger partial charge in [-0.05, 0) is 61.5 Å². The molecule has 0 atom stereocenters. The van der Waals surface area contributed by atoms with Gasteiger partial charge in [-0.3, -0.25) is 4.79 Å². The summed E-state index contributed by atoms with van der Waals surface area (Å²) in [5.41, 5.74) is 2.12. The maximum atomic E-state index is 12.6. The van der Waals surface area contributed by atoms with E-state index in [0.717, 1.165) is 17.1 Å². The first-order chi connectivity index (χ1) is 16.8. The number of fused-ring (bicyclic) bond motifs is 1. The second kappa shape index (κ2) is 10.3. The number of carbonyl (C=O) groups is 1. The normalized spacial score (nSPS) is 11.7. The van der Waals surface area contributed by atoms with Crippen LogP contribution >= 0.6 is 0 Å². The van der Waals surface area contributed by atoms with E-state index in [9.17, 15) is 13.2 Å². The van der Waals surface area contributed by atoms with Crippen molar-refractivity contribution in [1.29, 1.82) is 0 Å². The van der Waals surface area contributed by atoms with Crippen LogP contribution < -0.4 is 10.1 Å². The van der Waals surface area contributed by atoms with Gasteiger partial charge in [0, 0.05) is 39.2 Å². The Bertz CT molecular complexity index is 1430. The number of hydrogen-bond acceptors (Lipinski definition) is 5. The largest absolute Gasteiger partial charge is 0.457 e. The third-order valence-corrected chi connectivity index (χ3v) is 7.40. The molecule has 0 saturated heterocycles. The fourth-order valence-electron chi connectivity index (χ4n) is 3.75. The van der Waals surface area contributed by atoms with Crippen LogP contribution in [0.3, 0.4) is 0 Å². The molecule has 0 fully saturated rings. The molecule has 35 heavy (non-hydrogen) atoms. The third-order valence-electron chi connectivity index (χ3n) is 5.59. The Kier molecular flexibility index (Phi) is 7.18. The SMILES string of the molecule is CCn1c(CCC(=O)Nc2ccc(Oc3ccccc3)cc2)nc2cc(S(=O)(=O)N(C)C)ccc21. The van der Waals surface area contributed by atoms with E-state index in [1.54, 1.807) is 42.5 Å². The highest BCUT2D eigenvalue weighted by molar-refractivity contribution is 7.89. The Morgan fingerprint density at radius 2 is 1.69 bits per heavy atom. The van der Waals surface area contributed by atoms with Crippen molar-refractivity contribution in [1.82, 2.24) is 13.9 Å². The minimum atomic E-state index is -3.55. The molecule has 0 aliphatic carbocycles. The van der Waals surface area contributed by atoms with Gasteiger partial charge < -0.3 is 14.6 Å². The molecule has 0 bridgehead atoms. The number of carbonyl (C=O) groups excluding carboxylic acids is 1. The van der Waals surface area contributed by atoms with Gasteiger partial charge >= 0.3 is 0 Å². The fourth-order valence-corrected chi connectivity index (χ4v) is 4.68. The van der Waals surface area contributed by atoms with E-state index in [-0.39, 0.29) is 17.2 Å². The van der Waals surface area contributed by atoms with Crippen LogP contribution in [0, 0.1) is 0 Å². The lowest BCUT2D eigenvalue weighted by atomic mass is 10.2. The van der Waals surface area contributed by atoms with Gasteiger partial charge in [-0.1, -0.05) is 18.2 Å². The van der Waals surface area contributed by atoms with Crippen LogP contribution in [0.25, 0.3) is 11.0 Å². The predicted molar refractivity (Wildman–Crippen MR) is 136 cm³/mol. The average Bonchev–Trinajstić information content (AvgIpc) is 3.21. The minimum Gasteiger partial charge on any atom is -0.457 e. The van der Waals surface area contributed by atoms with Gasteiger partial charge in [-0.25, -0.2) is 17.7 Å². The summed E-state index contributed by atoms with van der Waals surface area (Å²) in [7, 11) is -0.553. The number of benzene rings is 3. The van der Waals surface area contributed by atoms with Gasteiger partial charge in [0.15, 0.2) is 0 Å². The number of nitrogens with one attached hydrogen (secondary N) is 1. The molecule has 182 valence electrons. The molecule has 1 amide bonds. The molecule has 0 unspecified atom stereocenters. The van der Waals surface area contributed by atoms with Crippen molar-refractivity contribution in [2.24, 2.45) is 0 Å². The van der Waals surface area contributed by atoms with Crippen LogP contribution in [0.1, 0.15) is 19.2 Å². The average molecular weight is 493 g/mol. The molecule has 0 spiro atoms. The number of amides is 1. The quantitative estimate of drug-likeness (QED) is 0.366. The Morgan fingerprint density at radius 3 is 2.34 bits per heavy atom. The number of anilines is 1. The Labute approximate surface area is 205 Å². The first kappa shape index (κ1) is 24.4. The number of hydrogen-bond donors (Lipinski definition) is 1. The highest BCUT2D eigenvalue weighted by Crippen LogP contribution is 2.24.